The number of benzene rings is 1. The van der Waals surface area contributed by atoms with Crippen LogP contribution in [0.4, 0.5) is 17.6 Å². The molecule has 0 aromatic heterocycles. The zero-order valence-electron chi connectivity index (χ0n) is 11.7. The van der Waals surface area contributed by atoms with E-state index < -0.39 is 23.5 Å². The van der Waals surface area contributed by atoms with Crippen LogP contribution in [0.3, 0.4) is 0 Å². The quantitative estimate of drug-likeness (QED) is 0.753. The Morgan fingerprint density at radius 1 is 1.29 bits per heavy atom. The second-order valence-corrected chi connectivity index (χ2v) is 5.34. The first-order valence-electron chi connectivity index (χ1n) is 6.99. The van der Waals surface area contributed by atoms with Crippen molar-refractivity contribution in [2.45, 2.75) is 32.4 Å². The third-order valence-corrected chi connectivity index (χ3v) is 4.00. The van der Waals surface area contributed by atoms with E-state index in [-0.39, 0.29) is 5.56 Å². The lowest BCUT2D eigenvalue weighted by Gasteiger charge is -2.31. The van der Waals surface area contributed by atoms with Crippen molar-refractivity contribution in [2.75, 3.05) is 13.1 Å². The topological polar surface area (TPSA) is 20.3 Å². The predicted octanol–water partition coefficient (Wildman–Crippen LogP) is 4.11. The zero-order chi connectivity index (χ0) is 15.6. The van der Waals surface area contributed by atoms with E-state index in [1.54, 1.807) is 4.90 Å². The molecule has 1 saturated heterocycles. The number of amides is 1. The van der Waals surface area contributed by atoms with E-state index in [0.29, 0.717) is 31.1 Å². The van der Waals surface area contributed by atoms with E-state index >= 15 is 0 Å². The number of carbonyl (C=O) groups excluding carboxylic acids is 1. The van der Waals surface area contributed by atoms with E-state index in [2.05, 4.69) is 6.92 Å². The number of halogens is 4. The molecule has 0 N–H and O–H groups in total. The molecule has 2 nitrogen and oxygen atoms in total. The fraction of sp³-hybridized carbons (Fsp3) is 0.533. The number of rotatable bonds is 2. The first-order chi connectivity index (χ1) is 9.82. The lowest BCUT2D eigenvalue weighted by Crippen LogP contribution is -2.38. The fourth-order valence-corrected chi connectivity index (χ4v) is 2.60. The van der Waals surface area contributed by atoms with Gasteiger partial charge in [0.15, 0.2) is 0 Å². The lowest BCUT2D eigenvalue weighted by atomic mass is 9.94. The van der Waals surface area contributed by atoms with Crippen LogP contribution >= 0.6 is 0 Å². The average Bonchev–Trinajstić information content (AvgIpc) is 2.46. The smallest absolute Gasteiger partial charge is 0.339 e. The van der Waals surface area contributed by atoms with Gasteiger partial charge in [-0.15, -0.1) is 0 Å². The summed E-state index contributed by atoms with van der Waals surface area (Å²) in [6, 6.07) is 2.41. The molecule has 0 unspecified atom stereocenters. The number of piperidine rings is 1. The number of hydrogen-bond acceptors (Lipinski definition) is 1. The number of alkyl halides is 3. The number of hydrogen-bond donors (Lipinski definition) is 0. The molecule has 1 aromatic carbocycles. The highest BCUT2D eigenvalue weighted by molar-refractivity contribution is 5.94. The van der Waals surface area contributed by atoms with Crippen molar-refractivity contribution < 1.29 is 22.4 Å². The summed E-state index contributed by atoms with van der Waals surface area (Å²) in [5, 5.41) is 0. The van der Waals surface area contributed by atoms with Gasteiger partial charge in [-0.3, -0.25) is 4.79 Å². The Morgan fingerprint density at radius 3 is 2.43 bits per heavy atom. The number of carbonyl (C=O) groups is 1. The third kappa shape index (κ3) is 3.54. The first-order valence-corrected chi connectivity index (χ1v) is 6.99. The zero-order valence-corrected chi connectivity index (χ0v) is 11.7. The second-order valence-electron chi connectivity index (χ2n) is 5.34. The van der Waals surface area contributed by atoms with Crippen LogP contribution in [0.15, 0.2) is 18.2 Å². The van der Waals surface area contributed by atoms with Crippen molar-refractivity contribution in [1.82, 2.24) is 4.90 Å². The summed E-state index contributed by atoms with van der Waals surface area (Å²) in [6.45, 7) is 3.16. The van der Waals surface area contributed by atoms with E-state index in [1.807, 2.05) is 0 Å². The van der Waals surface area contributed by atoms with Gasteiger partial charge in [-0.1, -0.05) is 13.3 Å². The van der Waals surface area contributed by atoms with Gasteiger partial charge in [0.25, 0.3) is 5.91 Å². The maximum Gasteiger partial charge on any atom is 0.419 e. The molecule has 6 heteroatoms. The van der Waals surface area contributed by atoms with Crippen LogP contribution in [0, 0.1) is 11.7 Å². The highest BCUT2D eigenvalue weighted by atomic mass is 19.4. The summed E-state index contributed by atoms with van der Waals surface area (Å²) >= 11 is 0. The summed E-state index contributed by atoms with van der Waals surface area (Å²) in [5.41, 5.74) is -1.50. The summed E-state index contributed by atoms with van der Waals surface area (Å²) in [7, 11) is 0. The minimum Gasteiger partial charge on any atom is -0.339 e. The molecule has 0 bridgehead atoms. The average molecular weight is 303 g/mol. The van der Waals surface area contributed by atoms with Gasteiger partial charge in [0.05, 0.1) is 5.56 Å². The van der Waals surface area contributed by atoms with E-state index in [1.165, 1.54) is 0 Å². The van der Waals surface area contributed by atoms with Gasteiger partial charge in [-0.05, 0) is 37.0 Å². The van der Waals surface area contributed by atoms with E-state index in [0.717, 1.165) is 25.3 Å². The molecule has 0 aliphatic carbocycles. The van der Waals surface area contributed by atoms with Gasteiger partial charge in [0.2, 0.25) is 0 Å². The molecule has 21 heavy (non-hydrogen) atoms. The molecular weight excluding hydrogens is 286 g/mol. The second kappa shape index (κ2) is 6.03. The molecule has 0 atom stereocenters. The van der Waals surface area contributed by atoms with E-state index in [9.17, 15) is 22.4 Å². The van der Waals surface area contributed by atoms with Crippen molar-refractivity contribution in [3.05, 3.63) is 35.1 Å². The van der Waals surface area contributed by atoms with Gasteiger partial charge in [-0.25, -0.2) is 4.39 Å². The maximum absolute atomic E-state index is 13.2. The van der Waals surface area contributed by atoms with Gasteiger partial charge < -0.3 is 4.90 Å². The minimum atomic E-state index is -4.80. The molecule has 1 aromatic rings. The van der Waals surface area contributed by atoms with Crippen molar-refractivity contribution in [3.63, 3.8) is 0 Å². The van der Waals surface area contributed by atoms with Crippen LogP contribution in [-0.2, 0) is 6.18 Å². The highest BCUT2D eigenvalue weighted by Crippen LogP contribution is 2.32. The SMILES string of the molecule is CCC1CCN(C(=O)c2ccc(F)c(C(F)(F)F)c2)CC1. The molecular formula is C15H17F4NO. The van der Waals surface area contributed by atoms with Crippen molar-refractivity contribution >= 4 is 5.91 Å². The van der Waals surface area contributed by atoms with Crippen LogP contribution in [0.5, 0.6) is 0 Å². The Hall–Kier alpha value is -1.59. The van der Waals surface area contributed by atoms with Crippen molar-refractivity contribution in [2.24, 2.45) is 5.92 Å². The van der Waals surface area contributed by atoms with Crippen molar-refractivity contribution in [3.8, 4) is 0 Å². The molecule has 1 aliphatic rings. The first kappa shape index (κ1) is 15.8. The largest absolute Gasteiger partial charge is 0.419 e. The van der Waals surface area contributed by atoms with Gasteiger partial charge >= 0.3 is 6.18 Å². The predicted molar refractivity (Wildman–Crippen MR) is 70.3 cm³/mol. The summed E-state index contributed by atoms with van der Waals surface area (Å²) in [6.07, 6.45) is -2.04. The Bertz CT molecular complexity index is 519. The maximum atomic E-state index is 13.2. The summed E-state index contributed by atoms with van der Waals surface area (Å²) in [4.78, 5) is 13.8. The summed E-state index contributed by atoms with van der Waals surface area (Å²) < 4.78 is 51.2. The Labute approximate surface area is 120 Å². The molecule has 2 rings (SSSR count). The minimum absolute atomic E-state index is 0.112. The summed E-state index contributed by atoms with van der Waals surface area (Å²) in [5.74, 6) is -1.26. The molecule has 1 heterocycles. The highest BCUT2D eigenvalue weighted by Gasteiger charge is 2.35. The molecule has 1 fully saturated rings. The Kier molecular flexibility index (Phi) is 4.54. The Balaban J connectivity index is 2.17. The van der Waals surface area contributed by atoms with Crippen LogP contribution in [0.2, 0.25) is 0 Å². The van der Waals surface area contributed by atoms with Crippen LogP contribution in [0.1, 0.15) is 42.1 Å². The van der Waals surface area contributed by atoms with Crippen LogP contribution in [0.25, 0.3) is 0 Å². The lowest BCUT2D eigenvalue weighted by molar-refractivity contribution is -0.140. The fourth-order valence-electron chi connectivity index (χ4n) is 2.60. The van der Waals surface area contributed by atoms with Crippen LogP contribution < -0.4 is 0 Å². The standard InChI is InChI=1S/C15H17F4NO/c1-2-10-5-7-20(8-6-10)14(21)11-3-4-13(16)12(9-11)15(17,18)19/h3-4,9-10H,2,5-8H2,1H3. The number of likely N-dealkylation sites (tertiary alicyclic amines) is 1. The number of nitrogens with zero attached hydrogens (tertiary/aromatic N) is 1. The monoisotopic (exact) mass is 303 g/mol. The normalized spacial score (nSPS) is 17.1. The Morgan fingerprint density at radius 2 is 1.90 bits per heavy atom. The van der Waals surface area contributed by atoms with E-state index in [4.69, 9.17) is 0 Å². The van der Waals surface area contributed by atoms with Crippen molar-refractivity contribution in [1.29, 1.82) is 0 Å². The molecule has 0 spiro atoms. The molecule has 116 valence electrons. The molecule has 1 aliphatic heterocycles. The van der Waals surface area contributed by atoms with Crippen LogP contribution in [-0.4, -0.2) is 23.9 Å². The van der Waals surface area contributed by atoms with Gasteiger partial charge in [-0.2, -0.15) is 13.2 Å². The molecule has 0 radical (unpaired) electrons. The van der Waals surface area contributed by atoms with Gasteiger partial charge in [0, 0.05) is 18.7 Å². The third-order valence-electron chi connectivity index (χ3n) is 4.00. The molecule has 1 amide bonds. The van der Waals surface area contributed by atoms with Gasteiger partial charge in [0.1, 0.15) is 5.82 Å². The molecule has 0 saturated carbocycles.